The molecule has 1 atom stereocenters. The van der Waals surface area contributed by atoms with E-state index in [9.17, 15) is 13.2 Å². The van der Waals surface area contributed by atoms with Gasteiger partial charge >= 0.3 is 0 Å². The number of likely N-dealkylation sites (N-methyl/N-ethyl adjacent to an activating group) is 1. The van der Waals surface area contributed by atoms with Gasteiger partial charge in [-0.2, -0.15) is 4.31 Å². The van der Waals surface area contributed by atoms with Crippen LogP contribution in [0.3, 0.4) is 0 Å². The fourth-order valence-electron chi connectivity index (χ4n) is 3.59. The molecule has 0 aliphatic carbocycles. The Morgan fingerprint density at radius 2 is 1.73 bits per heavy atom. The van der Waals surface area contributed by atoms with Gasteiger partial charge in [0.1, 0.15) is 4.90 Å². The number of sulfonamides is 1. The minimum atomic E-state index is -3.77. The highest BCUT2D eigenvalue weighted by atomic mass is 35.5. The lowest BCUT2D eigenvalue weighted by atomic mass is 10.00. The van der Waals surface area contributed by atoms with Crippen molar-refractivity contribution in [1.82, 2.24) is 14.5 Å². The summed E-state index contributed by atoms with van der Waals surface area (Å²) in [6.07, 6.45) is 0. The van der Waals surface area contributed by atoms with Crippen LogP contribution in [0.1, 0.15) is 40.0 Å². The molecule has 1 heterocycles. The molecule has 1 saturated heterocycles. The molecule has 30 heavy (non-hydrogen) atoms. The summed E-state index contributed by atoms with van der Waals surface area (Å²) in [5.41, 5.74) is 3.50. The summed E-state index contributed by atoms with van der Waals surface area (Å²) >= 11 is 6.23. The zero-order valence-corrected chi connectivity index (χ0v) is 19.3. The lowest BCUT2D eigenvalue weighted by molar-refractivity contribution is 0.0939. The van der Waals surface area contributed by atoms with Crippen LogP contribution in [0.5, 0.6) is 0 Å². The van der Waals surface area contributed by atoms with Gasteiger partial charge in [0.15, 0.2) is 0 Å². The summed E-state index contributed by atoms with van der Waals surface area (Å²) in [7, 11) is -1.81. The summed E-state index contributed by atoms with van der Waals surface area (Å²) in [6, 6.07) is 10.3. The number of rotatable bonds is 5. The first-order chi connectivity index (χ1) is 14.1. The van der Waals surface area contributed by atoms with E-state index in [4.69, 9.17) is 11.6 Å². The van der Waals surface area contributed by atoms with Crippen LogP contribution in [0.25, 0.3) is 0 Å². The number of piperazine rings is 1. The van der Waals surface area contributed by atoms with Gasteiger partial charge in [0.05, 0.1) is 11.1 Å². The highest BCUT2D eigenvalue weighted by Gasteiger charge is 2.30. The fraction of sp³-hybridized carbons (Fsp3) is 0.409. The monoisotopic (exact) mass is 449 g/mol. The number of amides is 1. The van der Waals surface area contributed by atoms with E-state index in [1.807, 2.05) is 46.0 Å². The number of hydrogen-bond donors (Lipinski definition) is 1. The molecule has 0 unspecified atom stereocenters. The van der Waals surface area contributed by atoms with Crippen LogP contribution in [0.15, 0.2) is 41.3 Å². The SMILES string of the molecule is Cc1ccc(C)c([C@@H](C)NC(=O)c2ccc(Cl)c(S(=O)(=O)N3CCN(C)CC3)c2)c1. The van der Waals surface area contributed by atoms with E-state index >= 15 is 0 Å². The average Bonchev–Trinajstić information content (AvgIpc) is 2.70. The maximum Gasteiger partial charge on any atom is 0.251 e. The molecular formula is C22H28ClN3O3S. The molecule has 0 aromatic heterocycles. The molecule has 1 fully saturated rings. The Hall–Kier alpha value is -1.93. The zero-order valence-electron chi connectivity index (χ0n) is 17.8. The Labute approximate surface area is 183 Å². The second-order valence-electron chi connectivity index (χ2n) is 7.91. The smallest absolute Gasteiger partial charge is 0.251 e. The summed E-state index contributed by atoms with van der Waals surface area (Å²) in [4.78, 5) is 14.9. The van der Waals surface area contributed by atoms with Gasteiger partial charge in [-0.25, -0.2) is 8.42 Å². The number of carbonyl (C=O) groups excluding carboxylic acids is 1. The van der Waals surface area contributed by atoms with Crippen LogP contribution in [0.2, 0.25) is 5.02 Å². The fourth-order valence-corrected chi connectivity index (χ4v) is 5.52. The number of aryl methyl sites for hydroxylation is 2. The third-order valence-corrected chi connectivity index (χ3v) is 7.90. The van der Waals surface area contributed by atoms with Crippen molar-refractivity contribution >= 4 is 27.5 Å². The Morgan fingerprint density at radius 3 is 2.40 bits per heavy atom. The quantitative estimate of drug-likeness (QED) is 0.759. The molecule has 1 aliphatic heterocycles. The van der Waals surface area contributed by atoms with E-state index in [0.29, 0.717) is 26.2 Å². The van der Waals surface area contributed by atoms with Gasteiger partial charge in [-0.3, -0.25) is 4.79 Å². The number of nitrogens with one attached hydrogen (secondary N) is 1. The molecule has 0 radical (unpaired) electrons. The molecule has 0 saturated carbocycles. The maximum atomic E-state index is 13.1. The minimum Gasteiger partial charge on any atom is -0.346 e. The van der Waals surface area contributed by atoms with E-state index in [0.717, 1.165) is 16.7 Å². The number of nitrogens with zero attached hydrogens (tertiary/aromatic N) is 2. The molecule has 162 valence electrons. The topological polar surface area (TPSA) is 69.7 Å². The third kappa shape index (κ3) is 4.86. The number of carbonyl (C=O) groups is 1. The molecule has 2 aromatic rings. The normalized spacial score (nSPS) is 17.0. The van der Waals surface area contributed by atoms with Gasteiger partial charge in [0, 0.05) is 31.7 Å². The molecule has 1 aliphatic rings. The Morgan fingerprint density at radius 1 is 1.07 bits per heavy atom. The van der Waals surface area contributed by atoms with Crippen molar-refractivity contribution in [3.05, 3.63) is 63.7 Å². The summed E-state index contributed by atoms with van der Waals surface area (Å²) in [6.45, 7) is 8.03. The van der Waals surface area contributed by atoms with Crippen molar-refractivity contribution in [2.75, 3.05) is 33.2 Å². The van der Waals surface area contributed by atoms with Gasteiger partial charge in [-0.15, -0.1) is 0 Å². The van der Waals surface area contributed by atoms with Crippen LogP contribution in [-0.4, -0.2) is 56.8 Å². The van der Waals surface area contributed by atoms with E-state index < -0.39 is 10.0 Å². The van der Waals surface area contributed by atoms with Crippen molar-refractivity contribution in [2.45, 2.75) is 31.7 Å². The van der Waals surface area contributed by atoms with E-state index in [1.165, 1.54) is 16.4 Å². The Kier molecular flexibility index (Phi) is 6.87. The van der Waals surface area contributed by atoms with E-state index in [2.05, 4.69) is 10.2 Å². The molecule has 8 heteroatoms. The lowest BCUT2D eigenvalue weighted by Gasteiger charge is -2.31. The van der Waals surface area contributed by atoms with Crippen molar-refractivity contribution in [1.29, 1.82) is 0 Å². The van der Waals surface area contributed by atoms with Crippen LogP contribution in [0, 0.1) is 13.8 Å². The predicted molar refractivity (Wildman–Crippen MR) is 120 cm³/mol. The van der Waals surface area contributed by atoms with E-state index in [1.54, 1.807) is 6.07 Å². The number of benzene rings is 2. The summed E-state index contributed by atoms with van der Waals surface area (Å²) in [5, 5.41) is 3.09. The third-order valence-electron chi connectivity index (χ3n) is 5.52. The van der Waals surface area contributed by atoms with Crippen LogP contribution >= 0.6 is 11.6 Å². The zero-order chi connectivity index (χ0) is 22.1. The van der Waals surface area contributed by atoms with Crippen LogP contribution in [-0.2, 0) is 10.0 Å². The summed E-state index contributed by atoms with van der Waals surface area (Å²) in [5.74, 6) is -0.338. The first-order valence-electron chi connectivity index (χ1n) is 9.96. The predicted octanol–water partition coefficient (Wildman–Crippen LogP) is 3.38. The molecule has 0 spiro atoms. The van der Waals surface area contributed by atoms with Gasteiger partial charge < -0.3 is 10.2 Å². The highest BCUT2D eigenvalue weighted by Crippen LogP contribution is 2.27. The first kappa shape index (κ1) is 22.7. The van der Waals surface area contributed by atoms with Crippen molar-refractivity contribution in [3.8, 4) is 0 Å². The van der Waals surface area contributed by atoms with Gasteiger partial charge in [-0.1, -0.05) is 35.4 Å². The van der Waals surface area contributed by atoms with Crippen LogP contribution < -0.4 is 5.32 Å². The molecule has 3 rings (SSSR count). The lowest BCUT2D eigenvalue weighted by Crippen LogP contribution is -2.47. The number of halogens is 1. The number of hydrogen-bond acceptors (Lipinski definition) is 4. The Bertz CT molecular complexity index is 1050. The Balaban J connectivity index is 1.83. The molecule has 1 amide bonds. The molecule has 6 nitrogen and oxygen atoms in total. The maximum absolute atomic E-state index is 13.1. The average molecular weight is 450 g/mol. The molecule has 1 N–H and O–H groups in total. The molecular weight excluding hydrogens is 422 g/mol. The molecule has 0 bridgehead atoms. The van der Waals surface area contributed by atoms with Crippen molar-refractivity contribution < 1.29 is 13.2 Å². The summed E-state index contributed by atoms with van der Waals surface area (Å²) < 4.78 is 27.6. The van der Waals surface area contributed by atoms with Gasteiger partial charge in [0.2, 0.25) is 10.0 Å². The highest BCUT2D eigenvalue weighted by molar-refractivity contribution is 7.89. The molecule has 2 aromatic carbocycles. The van der Waals surface area contributed by atoms with E-state index in [-0.39, 0.29) is 27.4 Å². The van der Waals surface area contributed by atoms with Gasteiger partial charge in [-0.05, 0) is 57.1 Å². The second kappa shape index (κ2) is 9.06. The largest absolute Gasteiger partial charge is 0.346 e. The standard InChI is InChI=1S/C22H28ClN3O3S/c1-15-5-6-16(2)19(13-15)17(3)24-22(27)18-7-8-20(23)21(14-18)30(28,29)26-11-9-25(4)10-12-26/h5-8,13-14,17H,9-12H2,1-4H3,(H,24,27)/t17-/m1/s1. The van der Waals surface area contributed by atoms with Crippen molar-refractivity contribution in [2.24, 2.45) is 0 Å². The minimum absolute atomic E-state index is 0.0271. The van der Waals surface area contributed by atoms with Crippen LogP contribution in [0.4, 0.5) is 0 Å². The first-order valence-corrected chi connectivity index (χ1v) is 11.8. The van der Waals surface area contributed by atoms with Gasteiger partial charge in [0.25, 0.3) is 5.91 Å². The van der Waals surface area contributed by atoms with Crippen molar-refractivity contribution in [3.63, 3.8) is 0 Å². The second-order valence-corrected chi connectivity index (χ2v) is 10.2.